The molecule has 0 aliphatic carbocycles. The van der Waals surface area contributed by atoms with Crippen molar-refractivity contribution in [2.24, 2.45) is 0 Å². The van der Waals surface area contributed by atoms with E-state index in [4.69, 9.17) is 4.74 Å². The maximum absolute atomic E-state index is 11.9. The lowest BCUT2D eigenvalue weighted by Crippen LogP contribution is -2.43. The average Bonchev–Trinajstić information content (AvgIpc) is 2.83. The van der Waals surface area contributed by atoms with E-state index in [1.165, 1.54) is 11.1 Å². The lowest BCUT2D eigenvalue weighted by Gasteiger charge is -2.21. The molecular formula is C14H20N2O2. The summed E-state index contributed by atoms with van der Waals surface area (Å²) in [5.41, 5.74) is 3.02. The van der Waals surface area contributed by atoms with Crippen LogP contribution in [0, 0.1) is 0 Å². The van der Waals surface area contributed by atoms with E-state index in [9.17, 15) is 4.79 Å². The molecule has 4 nitrogen and oxygen atoms in total. The number of amides is 1. The number of hydrogen-bond acceptors (Lipinski definition) is 3. The molecule has 0 spiro atoms. The number of carbonyl (C=O) groups excluding carboxylic acids is 1. The predicted octanol–water partition coefficient (Wildman–Crippen LogP) is 1.33. The summed E-state index contributed by atoms with van der Waals surface area (Å²) in [6, 6.07) is 6.33. The second-order valence-corrected chi connectivity index (χ2v) is 5.10. The Bertz CT molecular complexity index is 455. The number of methoxy groups -OCH3 is 1. The van der Waals surface area contributed by atoms with Gasteiger partial charge in [-0.05, 0) is 30.5 Å². The van der Waals surface area contributed by atoms with E-state index in [1.807, 2.05) is 0 Å². The van der Waals surface area contributed by atoms with Crippen molar-refractivity contribution < 1.29 is 9.53 Å². The highest BCUT2D eigenvalue weighted by Gasteiger charge is 2.26. The van der Waals surface area contributed by atoms with Gasteiger partial charge < -0.3 is 15.4 Å². The van der Waals surface area contributed by atoms with Gasteiger partial charge in [0.05, 0.1) is 0 Å². The number of fused-ring (bicyclic) bond motifs is 1. The van der Waals surface area contributed by atoms with Crippen molar-refractivity contribution in [2.45, 2.75) is 39.1 Å². The summed E-state index contributed by atoms with van der Waals surface area (Å²) in [6.45, 7) is 5.92. The normalized spacial score (nSPS) is 14.4. The zero-order valence-electron chi connectivity index (χ0n) is 11.2. The van der Waals surface area contributed by atoms with Gasteiger partial charge in [0.1, 0.15) is 5.60 Å². The quantitative estimate of drug-likeness (QED) is 0.845. The third-order valence-electron chi connectivity index (χ3n) is 3.41. The highest BCUT2D eigenvalue weighted by Crippen LogP contribution is 2.17. The van der Waals surface area contributed by atoms with Gasteiger partial charge in [-0.1, -0.05) is 18.2 Å². The van der Waals surface area contributed by atoms with Crippen molar-refractivity contribution in [3.63, 3.8) is 0 Å². The Morgan fingerprint density at radius 2 is 2.11 bits per heavy atom. The summed E-state index contributed by atoms with van der Waals surface area (Å²) in [7, 11) is 1.54. The van der Waals surface area contributed by atoms with E-state index in [1.54, 1.807) is 21.0 Å². The van der Waals surface area contributed by atoms with E-state index >= 15 is 0 Å². The van der Waals surface area contributed by atoms with Crippen LogP contribution in [0.25, 0.3) is 0 Å². The lowest BCUT2D eigenvalue weighted by atomic mass is 10.1. The SMILES string of the molecule is COC(C)(C)C(=O)NCc1ccc2c(c1)CNC2. The van der Waals surface area contributed by atoms with Crippen LogP contribution < -0.4 is 10.6 Å². The van der Waals surface area contributed by atoms with Crippen molar-refractivity contribution >= 4 is 5.91 Å². The van der Waals surface area contributed by atoms with E-state index in [0.717, 1.165) is 18.7 Å². The Balaban J connectivity index is 1.97. The smallest absolute Gasteiger partial charge is 0.251 e. The van der Waals surface area contributed by atoms with Gasteiger partial charge in [-0.3, -0.25) is 4.79 Å². The molecule has 2 N–H and O–H groups in total. The first-order valence-electron chi connectivity index (χ1n) is 6.18. The summed E-state index contributed by atoms with van der Waals surface area (Å²) in [5.74, 6) is -0.0939. The maximum atomic E-state index is 11.9. The van der Waals surface area contributed by atoms with Crippen LogP contribution in [0.4, 0.5) is 0 Å². The molecule has 1 aliphatic rings. The van der Waals surface area contributed by atoms with Crippen molar-refractivity contribution in [2.75, 3.05) is 7.11 Å². The summed E-state index contributed by atoms with van der Waals surface area (Å²) in [5, 5.41) is 6.20. The van der Waals surface area contributed by atoms with Crippen LogP contribution in [0.15, 0.2) is 18.2 Å². The summed E-state index contributed by atoms with van der Waals surface area (Å²) in [4.78, 5) is 11.9. The van der Waals surface area contributed by atoms with Gasteiger partial charge in [0.25, 0.3) is 5.91 Å². The average molecular weight is 248 g/mol. The Kier molecular flexibility index (Phi) is 3.68. The Morgan fingerprint density at radius 3 is 2.83 bits per heavy atom. The minimum atomic E-state index is -0.779. The van der Waals surface area contributed by atoms with Gasteiger partial charge in [-0.25, -0.2) is 0 Å². The number of benzene rings is 1. The molecule has 1 aromatic carbocycles. The molecule has 0 bridgehead atoms. The molecule has 1 heterocycles. The van der Waals surface area contributed by atoms with Crippen LogP contribution in [-0.2, 0) is 29.2 Å². The highest BCUT2D eigenvalue weighted by molar-refractivity contribution is 5.84. The van der Waals surface area contributed by atoms with Gasteiger partial charge in [0, 0.05) is 26.7 Å². The highest BCUT2D eigenvalue weighted by atomic mass is 16.5. The number of ether oxygens (including phenoxy) is 1. The van der Waals surface area contributed by atoms with Crippen LogP contribution in [0.5, 0.6) is 0 Å². The largest absolute Gasteiger partial charge is 0.369 e. The molecule has 4 heteroatoms. The van der Waals surface area contributed by atoms with Crippen LogP contribution in [0.3, 0.4) is 0 Å². The zero-order valence-corrected chi connectivity index (χ0v) is 11.2. The topological polar surface area (TPSA) is 50.4 Å². The van der Waals surface area contributed by atoms with E-state index < -0.39 is 5.60 Å². The van der Waals surface area contributed by atoms with Crippen LogP contribution in [0.2, 0.25) is 0 Å². The molecule has 0 fully saturated rings. The van der Waals surface area contributed by atoms with Gasteiger partial charge >= 0.3 is 0 Å². The first-order chi connectivity index (χ1) is 8.53. The molecule has 1 amide bonds. The molecule has 0 saturated carbocycles. The third kappa shape index (κ3) is 2.71. The minimum Gasteiger partial charge on any atom is -0.369 e. The summed E-state index contributed by atoms with van der Waals surface area (Å²) in [6.07, 6.45) is 0. The molecule has 0 atom stereocenters. The number of nitrogens with one attached hydrogen (secondary N) is 2. The first kappa shape index (κ1) is 13.1. The monoisotopic (exact) mass is 248 g/mol. The molecule has 98 valence electrons. The molecule has 0 saturated heterocycles. The fourth-order valence-corrected chi connectivity index (χ4v) is 1.95. The lowest BCUT2D eigenvalue weighted by molar-refractivity contribution is -0.139. The minimum absolute atomic E-state index is 0.0939. The molecule has 0 unspecified atom stereocenters. The van der Waals surface area contributed by atoms with Crippen molar-refractivity contribution in [1.29, 1.82) is 0 Å². The van der Waals surface area contributed by atoms with E-state index in [2.05, 4.69) is 28.8 Å². The zero-order chi connectivity index (χ0) is 13.2. The van der Waals surface area contributed by atoms with Gasteiger partial charge in [-0.2, -0.15) is 0 Å². The predicted molar refractivity (Wildman–Crippen MR) is 69.9 cm³/mol. The van der Waals surface area contributed by atoms with Crippen LogP contribution in [0.1, 0.15) is 30.5 Å². The van der Waals surface area contributed by atoms with Crippen molar-refractivity contribution in [3.05, 3.63) is 34.9 Å². The number of carbonyl (C=O) groups is 1. The molecular weight excluding hydrogens is 228 g/mol. The van der Waals surface area contributed by atoms with Gasteiger partial charge in [0.2, 0.25) is 0 Å². The number of hydrogen-bond donors (Lipinski definition) is 2. The molecule has 1 aromatic rings. The molecule has 2 rings (SSSR count). The second-order valence-electron chi connectivity index (χ2n) is 5.10. The van der Waals surface area contributed by atoms with Crippen LogP contribution >= 0.6 is 0 Å². The Hall–Kier alpha value is -1.39. The first-order valence-corrected chi connectivity index (χ1v) is 6.18. The Labute approximate surface area is 108 Å². The van der Waals surface area contributed by atoms with E-state index in [0.29, 0.717) is 6.54 Å². The Morgan fingerprint density at radius 1 is 1.39 bits per heavy atom. The fraction of sp³-hybridized carbons (Fsp3) is 0.500. The van der Waals surface area contributed by atoms with Gasteiger partial charge in [0.15, 0.2) is 0 Å². The standard InChI is InChI=1S/C14H20N2O2/c1-14(2,18-3)13(17)16-7-10-4-5-11-8-15-9-12(11)6-10/h4-6,15H,7-9H2,1-3H3,(H,16,17). The summed E-state index contributed by atoms with van der Waals surface area (Å²) < 4.78 is 5.14. The maximum Gasteiger partial charge on any atom is 0.251 e. The second kappa shape index (κ2) is 5.08. The summed E-state index contributed by atoms with van der Waals surface area (Å²) >= 11 is 0. The van der Waals surface area contributed by atoms with Crippen molar-refractivity contribution in [3.8, 4) is 0 Å². The molecule has 18 heavy (non-hydrogen) atoms. The van der Waals surface area contributed by atoms with Gasteiger partial charge in [-0.15, -0.1) is 0 Å². The molecule has 0 radical (unpaired) electrons. The van der Waals surface area contributed by atoms with Crippen LogP contribution in [-0.4, -0.2) is 18.6 Å². The fourth-order valence-electron chi connectivity index (χ4n) is 1.95. The van der Waals surface area contributed by atoms with Crippen molar-refractivity contribution in [1.82, 2.24) is 10.6 Å². The number of rotatable bonds is 4. The molecule has 0 aromatic heterocycles. The third-order valence-corrected chi connectivity index (χ3v) is 3.41. The molecule has 1 aliphatic heterocycles. The van der Waals surface area contributed by atoms with E-state index in [-0.39, 0.29) is 5.91 Å².